The summed E-state index contributed by atoms with van der Waals surface area (Å²) in [5, 5.41) is 9.16. The fraction of sp³-hybridized carbons (Fsp3) is 0.467. The first kappa shape index (κ1) is 20.6. The Morgan fingerprint density at radius 1 is 1.09 bits per heavy atom. The van der Waals surface area contributed by atoms with Gasteiger partial charge in [0.15, 0.2) is 5.96 Å². The van der Waals surface area contributed by atoms with Crippen molar-refractivity contribution < 1.29 is 9.53 Å². The number of hydrogen-bond acceptors (Lipinski definition) is 3. The summed E-state index contributed by atoms with van der Waals surface area (Å²) < 4.78 is 4.98. The first-order chi connectivity index (χ1) is 10.3. The number of hydrogen-bond donors (Lipinski definition) is 3. The lowest BCUT2D eigenvalue weighted by Crippen LogP contribution is -2.42. The number of guanidine groups is 1. The molecule has 6 nitrogen and oxygen atoms in total. The molecule has 3 N–H and O–H groups in total. The van der Waals surface area contributed by atoms with Gasteiger partial charge in [-0.3, -0.25) is 9.79 Å². The van der Waals surface area contributed by atoms with Crippen molar-refractivity contribution in [3.05, 3.63) is 35.9 Å². The van der Waals surface area contributed by atoms with Crippen LogP contribution in [-0.2, 0) is 4.74 Å². The molecular formula is C15H25IN4O2. The number of nitrogens with one attached hydrogen (secondary N) is 3. The lowest BCUT2D eigenvalue weighted by atomic mass is 10.2. The molecule has 0 aliphatic carbocycles. The summed E-state index contributed by atoms with van der Waals surface area (Å²) in [4.78, 5) is 15.9. The minimum atomic E-state index is -0.0690. The van der Waals surface area contributed by atoms with E-state index in [9.17, 15) is 4.79 Å². The summed E-state index contributed by atoms with van der Waals surface area (Å²) in [6.45, 7) is 2.66. The highest BCUT2D eigenvalue weighted by molar-refractivity contribution is 14.0. The smallest absolute Gasteiger partial charge is 0.251 e. The van der Waals surface area contributed by atoms with Crippen LogP contribution in [0.2, 0.25) is 0 Å². The zero-order chi connectivity index (χ0) is 15.3. The number of aliphatic imine (C=N–C) groups is 1. The molecule has 1 aromatic carbocycles. The van der Waals surface area contributed by atoms with Crippen molar-refractivity contribution in [1.29, 1.82) is 0 Å². The summed E-state index contributed by atoms with van der Waals surface area (Å²) in [5.74, 6) is 0.653. The molecule has 0 aliphatic heterocycles. The molecule has 0 unspecified atom stereocenters. The Balaban J connectivity index is 0.00000441. The van der Waals surface area contributed by atoms with E-state index in [1.165, 1.54) is 0 Å². The second kappa shape index (κ2) is 13.3. The summed E-state index contributed by atoms with van der Waals surface area (Å²) in [5.41, 5.74) is 0.666. The van der Waals surface area contributed by atoms with Crippen LogP contribution in [0.3, 0.4) is 0 Å². The van der Waals surface area contributed by atoms with Gasteiger partial charge >= 0.3 is 0 Å². The van der Waals surface area contributed by atoms with E-state index in [2.05, 4.69) is 20.9 Å². The summed E-state index contributed by atoms with van der Waals surface area (Å²) >= 11 is 0. The average Bonchev–Trinajstić information content (AvgIpc) is 2.54. The van der Waals surface area contributed by atoms with Crippen molar-refractivity contribution in [2.75, 3.05) is 40.4 Å². The van der Waals surface area contributed by atoms with Gasteiger partial charge in [-0.2, -0.15) is 0 Å². The normalized spacial score (nSPS) is 10.5. The fourth-order valence-corrected chi connectivity index (χ4v) is 1.69. The maximum atomic E-state index is 11.8. The van der Waals surface area contributed by atoms with Gasteiger partial charge in [0.1, 0.15) is 0 Å². The van der Waals surface area contributed by atoms with Gasteiger partial charge in [0.2, 0.25) is 0 Å². The quantitative estimate of drug-likeness (QED) is 0.256. The zero-order valence-electron chi connectivity index (χ0n) is 13.1. The van der Waals surface area contributed by atoms with E-state index < -0.39 is 0 Å². The first-order valence-corrected chi connectivity index (χ1v) is 7.04. The monoisotopic (exact) mass is 420 g/mol. The molecule has 0 aliphatic rings. The number of carbonyl (C=O) groups is 1. The van der Waals surface area contributed by atoms with Crippen molar-refractivity contribution in [2.24, 2.45) is 4.99 Å². The van der Waals surface area contributed by atoms with Crippen LogP contribution >= 0.6 is 24.0 Å². The highest BCUT2D eigenvalue weighted by Gasteiger charge is 2.03. The number of amides is 1. The standard InChI is InChI=1S/C15H24N4O2.HI/c1-16-15(18-9-6-12-21-2)19-11-10-17-14(20)13-7-4-3-5-8-13;/h3-5,7-8H,6,9-12H2,1-2H3,(H,17,20)(H2,16,18,19);1H. The molecular weight excluding hydrogens is 395 g/mol. The average molecular weight is 420 g/mol. The Morgan fingerprint density at radius 3 is 2.36 bits per heavy atom. The van der Waals surface area contributed by atoms with E-state index in [-0.39, 0.29) is 29.9 Å². The number of ether oxygens (including phenoxy) is 1. The van der Waals surface area contributed by atoms with Gasteiger partial charge in [0.25, 0.3) is 5.91 Å². The van der Waals surface area contributed by atoms with E-state index in [4.69, 9.17) is 4.74 Å². The van der Waals surface area contributed by atoms with E-state index in [0.717, 1.165) is 25.5 Å². The number of rotatable bonds is 8. The lowest BCUT2D eigenvalue weighted by Gasteiger charge is -2.12. The third kappa shape index (κ3) is 8.83. The van der Waals surface area contributed by atoms with E-state index in [1.807, 2.05) is 18.2 Å². The Hall–Kier alpha value is -1.35. The first-order valence-electron chi connectivity index (χ1n) is 7.04. The molecule has 0 radical (unpaired) electrons. The zero-order valence-corrected chi connectivity index (χ0v) is 15.4. The molecule has 0 atom stereocenters. The number of benzene rings is 1. The number of halogens is 1. The van der Waals surface area contributed by atoms with Crippen LogP contribution in [0, 0.1) is 0 Å². The van der Waals surface area contributed by atoms with Gasteiger partial charge in [0.05, 0.1) is 0 Å². The highest BCUT2D eigenvalue weighted by atomic mass is 127. The summed E-state index contributed by atoms with van der Waals surface area (Å²) in [7, 11) is 3.40. The highest BCUT2D eigenvalue weighted by Crippen LogP contribution is 1.96. The van der Waals surface area contributed by atoms with E-state index >= 15 is 0 Å². The topological polar surface area (TPSA) is 74.8 Å². The van der Waals surface area contributed by atoms with Crippen molar-refractivity contribution >= 4 is 35.8 Å². The predicted molar refractivity (Wildman–Crippen MR) is 100 cm³/mol. The Kier molecular flexibility index (Phi) is 12.5. The Morgan fingerprint density at radius 2 is 1.73 bits per heavy atom. The Labute approximate surface area is 149 Å². The lowest BCUT2D eigenvalue weighted by molar-refractivity contribution is 0.0954. The molecule has 0 spiro atoms. The molecule has 7 heteroatoms. The summed E-state index contributed by atoms with van der Waals surface area (Å²) in [6.07, 6.45) is 0.919. The van der Waals surface area contributed by atoms with Crippen molar-refractivity contribution in [3.8, 4) is 0 Å². The predicted octanol–water partition coefficient (Wildman–Crippen LogP) is 1.24. The number of methoxy groups -OCH3 is 1. The van der Waals surface area contributed by atoms with Gasteiger partial charge < -0.3 is 20.7 Å². The van der Waals surface area contributed by atoms with Gasteiger partial charge in [-0.1, -0.05) is 18.2 Å². The molecule has 22 heavy (non-hydrogen) atoms. The van der Waals surface area contributed by atoms with Gasteiger partial charge in [-0.05, 0) is 18.6 Å². The molecule has 0 aromatic heterocycles. The second-order valence-electron chi connectivity index (χ2n) is 4.39. The molecule has 0 saturated heterocycles. The van der Waals surface area contributed by atoms with Gasteiger partial charge in [0, 0.05) is 46.0 Å². The third-order valence-corrected chi connectivity index (χ3v) is 2.78. The largest absolute Gasteiger partial charge is 0.385 e. The van der Waals surface area contributed by atoms with Crippen LogP contribution in [0.15, 0.2) is 35.3 Å². The van der Waals surface area contributed by atoms with Crippen LogP contribution in [0.25, 0.3) is 0 Å². The summed E-state index contributed by atoms with van der Waals surface area (Å²) in [6, 6.07) is 9.16. The Bertz CT molecular complexity index is 440. The van der Waals surface area contributed by atoms with Crippen LogP contribution in [-0.4, -0.2) is 52.3 Å². The van der Waals surface area contributed by atoms with Gasteiger partial charge in [-0.15, -0.1) is 24.0 Å². The number of carbonyl (C=O) groups excluding carboxylic acids is 1. The number of nitrogens with zero attached hydrogens (tertiary/aromatic N) is 1. The molecule has 1 aromatic rings. The van der Waals surface area contributed by atoms with Crippen LogP contribution in [0.4, 0.5) is 0 Å². The van der Waals surface area contributed by atoms with Gasteiger partial charge in [-0.25, -0.2) is 0 Å². The minimum Gasteiger partial charge on any atom is -0.385 e. The molecule has 0 fully saturated rings. The van der Waals surface area contributed by atoms with Crippen LogP contribution in [0.1, 0.15) is 16.8 Å². The molecule has 0 bridgehead atoms. The molecule has 0 heterocycles. The van der Waals surface area contributed by atoms with Crippen molar-refractivity contribution in [2.45, 2.75) is 6.42 Å². The third-order valence-electron chi connectivity index (χ3n) is 2.78. The van der Waals surface area contributed by atoms with Crippen LogP contribution in [0.5, 0.6) is 0 Å². The SMILES string of the molecule is CN=C(NCCCOC)NCCNC(=O)c1ccccc1.I. The van der Waals surface area contributed by atoms with Crippen LogP contribution < -0.4 is 16.0 Å². The van der Waals surface area contributed by atoms with Crippen molar-refractivity contribution in [3.63, 3.8) is 0 Å². The minimum absolute atomic E-state index is 0. The second-order valence-corrected chi connectivity index (χ2v) is 4.39. The van der Waals surface area contributed by atoms with E-state index in [1.54, 1.807) is 26.3 Å². The van der Waals surface area contributed by atoms with Crippen molar-refractivity contribution in [1.82, 2.24) is 16.0 Å². The maximum Gasteiger partial charge on any atom is 0.251 e. The molecule has 0 saturated carbocycles. The molecule has 1 amide bonds. The maximum absolute atomic E-state index is 11.8. The molecule has 1 rings (SSSR count). The molecule has 124 valence electrons. The fourth-order valence-electron chi connectivity index (χ4n) is 1.69. The van der Waals surface area contributed by atoms with E-state index in [0.29, 0.717) is 18.7 Å².